The highest BCUT2D eigenvalue weighted by Gasteiger charge is 2.27. The lowest BCUT2D eigenvalue weighted by molar-refractivity contribution is 0.102. The number of amides is 1. The van der Waals surface area contributed by atoms with Gasteiger partial charge in [-0.05, 0) is 35.9 Å². The number of carbonyl (C=O) groups excluding carboxylic acids is 1. The van der Waals surface area contributed by atoms with E-state index in [0.29, 0.717) is 24.5 Å². The Labute approximate surface area is 173 Å². The summed E-state index contributed by atoms with van der Waals surface area (Å²) in [7, 11) is 0. The van der Waals surface area contributed by atoms with E-state index in [4.69, 9.17) is 0 Å². The number of aromatic nitrogens is 4. The maximum atomic E-state index is 13.0. The van der Waals surface area contributed by atoms with Crippen LogP contribution in [-0.4, -0.2) is 30.7 Å². The van der Waals surface area contributed by atoms with E-state index >= 15 is 0 Å². The van der Waals surface area contributed by atoms with Crippen molar-refractivity contribution in [3.8, 4) is 11.3 Å². The number of carbonyl (C=O) groups is 1. The Kier molecular flexibility index (Phi) is 4.78. The van der Waals surface area contributed by atoms with Crippen LogP contribution in [-0.2, 0) is 19.6 Å². The second-order valence-corrected chi connectivity index (χ2v) is 7.20. The SMILES string of the molecule is O=C(Nc1ccccn1)c1c[nH]c2c1-c1ncccc1CN(Cc1ccccn1)C2. The Balaban J connectivity index is 1.51. The van der Waals surface area contributed by atoms with Crippen LogP contribution in [0.25, 0.3) is 11.3 Å². The maximum Gasteiger partial charge on any atom is 0.259 e. The molecule has 0 atom stereocenters. The van der Waals surface area contributed by atoms with E-state index in [-0.39, 0.29) is 5.91 Å². The number of hydrogen-bond acceptors (Lipinski definition) is 5. The molecule has 0 fully saturated rings. The molecule has 1 aliphatic heterocycles. The fraction of sp³-hybridized carbons (Fsp3) is 0.130. The van der Waals surface area contributed by atoms with Crippen LogP contribution in [0.3, 0.4) is 0 Å². The number of nitrogens with one attached hydrogen (secondary N) is 2. The third kappa shape index (κ3) is 3.58. The molecule has 0 saturated carbocycles. The highest BCUT2D eigenvalue weighted by atomic mass is 16.1. The summed E-state index contributed by atoms with van der Waals surface area (Å²) in [6.45, 7) is 2.10. The Morgan fingerprint density at radius 1 is 0.967 bits per heavy atom. The van der Waals surface area contributed by atoms with E-state index in [1.807, 2.05) is 42.6 Å². The Morgan fingerprint density at radius 2 is 1.80 bits per heavy atom. The van der Waals surface area contributed by atoms with Crippen molar-refractivity contribution in [2.24, 2.45) is 0 Å². The summed E-state index contributed by atoms with van der Waals surface area (Å²) in [6, 6.07) is 15.4. The second kappa shape index (κ2) is 7.88. The summed E-state index contributed by atoms with van der Waals surface area (Å²) >= 11 is 0. The van der Waals surface area contributed by atoms with Crippen molar-refractivity contribution in [2.45, 2.75) is 19.6 Å². The zero-order valence-electron chi connectivity index (χ0n) is 16.2. The number of H-pyrrole nitrogens is 1. The number of nitrogens with zero attached hydrogens (tertiary/aromatic N) is 4. The van der Waals surface area contributed by atoms with E-state index < -0.39 is 0 Å². The van der Waals surface area contributed by atoms with Crippen molar-refractivity contribution < 1.29 is 4.79 Å². The highest BCUT2D eigenvalue weighted by Crippen LogP contribution is 2.34. The van der Waals surface area contributed by atoms with Crippen molar-refractivity contribution >= 4 is 11.7 Å². The third-order valence-corrected chi connectivity index (χ3v) is 5.13. The van der Waals surface area contributed by atoms with Crippen LogP contribution < -0.4 is 5.32 Å². The summed E-state index contributed by atoms with van der Waals surface area (Å²) in [5, 5.41) is 2.88. The summed E-state index contributed by atoms with van der Waals surface area (Å²) in [4.78, 5) is 31.9. The number of hydrogen-bond donors (Lipinski definition) is 2. The fourth-order valence-corrected chi connectivity index (χ4v) is 3.81. The predicted octanol–water partition coefficient (Wildman–Crippen LogP) is 3.63. The van der Waals surface area contributed by atoms with Gasteiger partial charge in [-0.15, -0.1) is 0 Å². The molecular weight excluding hydrogens is 376 g/mol. The Morgan fingerprint density at radius 3 is 2.60 bits per heavy atom. The van der Waals surface area contributed by atoms with Gasteiger partial charge in [-0.2, -0.15) is 0 Å². The van der Waals surface area contributed by atoms with E-state index in [2.05, 4.69) is 36.2 Å². The summed E-state index contributed by atoms with van der Waals surface area (Å²) in [5.74, 6) is 0.310. The zero-order chi connectivity index (χ0) is 20.3. The lowest BCUT2D eigenvalue weighted by atomic mass is 10.0. The van der Waals surface area contributed by atoms with Gasteiger partial charge in [0.05, 0.1) is 17.0 Å². The van der Waals surface area contributed by atoms with Gasteiger partial charge in [0.1, 0.15) is 5.82 Å². The molecule has 4 aromatic rings. The Bertz CT molecular complexity index is 1170. The number of pyridine rings is 3. The van der Waals surface area contributed by atoms with Gasteiger partial charge in [0, 0.05) is 55.7 Å². The summed E-state index contributed by atoms with van der Waals surface area (Å²) < 4.78 is 0. The van der Waals surface area contributed by atoms with E-state index in [0.717, 1.165) is 34.8 Å². The molecule has 0 saturated heterocycles. The topological polar surface area (TPSA) is 86.8 Å². The first-order valence-corrected chi connectivity index (χ1v) is 9.77. The van der Waals surface area contributed by atoms with Crippen molar-refractivity contribution in [1.29, 1.82) is 0 Å². The zero-order valence-corrected chi connectivity index (χ0v) is 16.2. The summed E-state index contributed by atoms with van der Waals surface area (Å²) in [5.41, 5.74) is 5.31. The summed E-state index contributed by atoms with van der Waals surface area (Å²) in [6.07, 6.45) is 6.98. The quantitative estimate of drug-likeness (QED) is 0.550. The lowest BCUT2D eigenvalue weighted by Gasteiger charge is -2.19. The first-order chi connectivity index (χ1) is 14.8. The van der Waals surface area contributed by atoms with Gasteiger partial charge in [0.2, 0.25) is 0 Å². The van der Waals surface area contributed by atoms with Crippen LogP contribution >= 0.6 is 0 Å². The van der Waals surface area contributed by atoms with Crippen LogP contribution in [0, 0.1) is 0 Å². The number of fused-ring (bicyclic) bond motifs is 3. The largest absolute Gasteiger partial charge is 0.363 e. The fourth-order valence-electron chi connectivity index (χ4n) is 3.81. The van der Waals surface area contributed by atoms with Gasteiger partial charge < -0.3 is 10.3 Å². The highest BCUT2D eigenvalue weighted by molar-refractivity contribution is 6.08. The molecule has 0 unspecified atom stereocenters. The molecule has 0 spiro atoms. The van der Waals surface area contributed by atoms with Crippen LogP contribution in [0.1, 0.15) is 27.3 Å². The van der Waals surface area contributed by atoms with Crippen LogP contribution in [0.2, 0.25) is 0 Å². The predicted molar refractivity (Wildman–Crippen MR) is 113 cm³/mol. The second-order valence-electron chi connectivity index (χ2n) is 7.20. The molecule has 4 aromatic heterocycles. The molecule has 5 heterocycles. The smallest absolute Gasteiger partial charge is 0.259 e. The molecule has 1 aliphatic rings. The number of aromatic amines is 1. The molecule has 7 heteroatoms. The maximum absolute atomic E-state index is 13.0. The van der Waals surface area contributed by atoms with Crippen LogP contribution in [0.4, 0.5) is 5.82 Å². The van der Waals surface area contributed by atoms with Crippen molar-refractivity contribution in [3.05, 3.63) is 95.8 Å². The lowest BCUT2D eigenvalue weighted by Crippen LogP contribution is -2.22. The van der Waals surface area contributed by atoms with E-state index in [9.17, 15) is 4.79 Å². The molecule has 148 valence electrons. The van der Waals surface area contributed by atoms with Crippen LogP contribution in [0.15, 0.2) is 73.3 Å². The minimum Gasteiger partial charge on any atom is -0.363 e. The first-order valence-electron chi connectivity index (χ1n) is 9.77. The van der Waals surface area contributed by atoms with E-state index in [1.54, 1.807) is 24.7 Å². The minimum atomic E-state index is -0.207. The average molecular weight is 396 g/mol. The monoisotopic (exact) mass is 396 g/mol. The normalized spacial score (nSPS) is 13.2. The van der Waals surface area contributed by atoms with Crippen molar-refractivity contribution in [3.63, 3.8) is 0 Å². The molecule has 7 nitrogen and oxygen atoms in total. The molecule has 5 rings (SSSR count). The molecule has 0 aromatic carbocycles. The minimum absolute atomic E-state index is 0.207. The van der Waals surface area contributed by atoms with Gasteiger partial charge in [0.25, 0.3) is 5.91 Å². The van der Waals surface area contributed by atoms with Gasteiger partial charge in [-0.25, -0.2) is 4.98 Å². The van der Waals surface area contributed by atoms with Crippen molar-refractivity contribution in [2.75, 3.05) is 5.32 Å². The van der Waals surface area contributed by atoms with E-state index in [1.165, 1.54) is 0 Å². The van der Waals surface area contributed by atoms with Crippen molar-refractivity contribution in [1.82, 2.24) is 24.8 Å². The third-order valence-electron chi connectivity index (χ3n) is 5.13. The average Bonchev–Trinajstić information content (AvgIpc) is 3.12. The number of anilines is 1. The molecule has 1 amide bonds. The molecule has 0 aliphatic carbocycles. The number of rotatable bonds is 4. The van der Waals surface area contributed by atoms with Crippen LogP contribution in [0.5, 0.6) is 0 Å². The molecular formula is C23H20N6O. The first kappa shape index (κ1) is 18.2. The van der Waals surface area contributed by atoms with Gasteiger partial charge in [-0.1, -0.05) is 18.2 Å². The Hall–Kier alpha value is -3.84. The van der Waals surface area contributed by atoms with Gasteiger partial charge in [0.15, 0.2) is 0 Å². The molecule has 2 N–H and O–H groups in total. The molecule has 0 bridgehead atoms. The van der Waals surface area contributed by atoms with Gasteiger partial charge >= 0.3 is 0 Å². The van der Waals surface area contributed by atoms with Gasteiger partial charge in [-0.3, -0.25) is 19.7 Å². The molecule has 0 radical (unpaired) electrons. The standard InChI is InChI=1S/C23H20N6O/c30-23(28-20-8-2-4-10-25-20)18-12-27-19-15-29(14-17-7-1-3-9-24-17)13-16-6-5-11-26-22(16)21(18)19/h1-12,27H,13-15H2,(H,25,28,30). The molecule has 30 heavy (non-hydrogen) atoms.